The quantitative estimate of drug-likeness (QED) is 0.227. The van der Waals surface area contributed by atoms with Crippen molar-refractivity contribution in [3.05, 3.63) is 66.1 Å². The number of hydrogen-bond donors (Lipinski definition) is 2. The highest BCUT2D eigenvalue weighted by Gasteiger charge is 2.29. The zero-order valence-corrected chi connectivity index (χ0v) is 26.0. The predicted molar refractivity (Wildman–Crippen MR) is 157 cm³/mol. The number of benzene rings is 2. The van der Waals surface area contributed by atoms with E-state index in [0.29, 0.717) is 11.4 Å². The van der Waals surface area contributed by atoms with Crippen molar-refractivity contribution in [1.82, 2.24) is 9.97 Å². The van der Waals surface area contributed by atoms with Crippen molar-refractivity contribution in [3.63, 3.8) is 0 Å². The summed E-state index contributed by atoms with van der Waals surface area (Å²) in [5, 5.41) is 12.1. The molecule has 0 bridgehead atoms. The second-order valence-corrected chi connectivity index (χ2v) is 14.0. The third-order valence-corrected chi connectivity index (χ3v) is 8.60. The molecule has 42 heavy (non-hydrogen) atoms. The maximum Gasteiger partial charge on any atom is 0.337 e. The molecule has 0 saturated heterocycles. The van der Waals surface area contributed by atoms with Gasteiger partial charge in [-0.1, -0.05) is 0 Å². The third-order valence-electron chi connectivity index (χ3n) is 5.27. The molecule has 14 heteroatoms. The van der Waals surface area contributed by atoms with Crippen molar-refractivity contribution in [2.75, 3.05) is 18.2 Å². The summed E-state index contributed by atoms with van der Waals surface area (Å²) < 4.78 is 59.3. The molecule has 1 atom stereocenters. The number of carbonyl (C=O) groups excluding carboxylic acids is 1. The molecule has 3 aromatic rings. The van der Waals surface area contributed by atoms with Gasteiger partial charge in [-0.2, -0.15) is 0 Å². The molecular formula is C28H36N3O9PS. The standard InChI is InChI=1S/C28H36N3O9PS/c1-18(2)39-41(34,40-19(3)4)17-22-14-30-27(15-29-22)31-28(33)21-11-24(37-20(5)16-32)13-25(12-21)38-23-7-9-26(10-8-23)42(6,35)36/h7-15,18-20,32H,16-17H2,1-6H3,(H,30,31,33)/t20-/m0/s1. The Bertz CT molecular complexity index is 1500. The van der Waals surface area contributed by atoms with E-state index in [1.165, 1.54) is 48.8 Å². The van der Waals surface area contributed by atoms with Crippen LogP contribution in [-0.4, -0.2) is 60.6 Å². The highest BCUT2D eigenvalue weighted by atomic mass is 32.2. The Labute approximate surface area is 245 Å². The second-order valence-electron chi connectivity index (χ2n) is 10.1. The molecule has 0 spiro atoms. The monoisotopic (exact) mass is 621 g/mol. The third kappa shape index (κ3) is 10.2. The van der Waals surface area contributed by atoms with E-state index in [1.54, 1.807) is 40.7 Å². The van der Waals surface area contributed by atoms with Crippen LogP contribution < -0.4 is 14.8 Å². The normalized spacial score (nSPS) is 12.8. The van der Waals surface area contributed by atoms with Crippen LogP contribution in [-0.2, 0) is 29.6 Å². The average Bonchev–Trinajstić information content (AvgIpc) is 2.88. The Morgan fingerprint density at radius 2 is 1.55 bits per heavy atom. The van der Waals surface area contributed by atoms with Crippen molar-refractivity contribution >= 4 is 29.2 Å². The molecule has 0 saturated carbocycles. The van der Waals surface area contributed by atoms with Crippen molar-refractivity contribution < 1.29 is 41.4 Å². The summed E-state index contributed by atoms with van der Waals surface area (Å²) in [5.74, 6) is 0.431. The summed E-state index contributed by atoms with van der Waals surface area (Å²) in [7, 11) is -6.85. The minimum absolute atomic E-state index is 0.0844. The topological polar surface area (TPSA) is 163 Å². The van der Waals surface area contributed by atoms with Crippen LogP contribution in [0.5, 0.6) is 17.2 Å². The fourth-order valence-corrected chi connectivity index (χ4v) is 6.29. The van der Waals surface area contributed by atoms with Crippen LogP contribution in [0.2, 0.25) is 0 Å². The Morgan fingerprint density at radius 3 is 2.07 bits per heavy atom. The number of amides is 1. The van der Waals surface area contributed by atoms with Crippen LogP contribution in [0.3, 0.4) is 0 Å². The number of sulfone groups is 1. The molecule has 0 aliphatic rings. The van der Waals surface area contributed by atoms with E-state index in [1.807, 2.05) is 0 Å². The second kappa shape index (κ2) is 14.2. The Hall–Kier alpha value is -3.35. The van der Waals surface area contributed by atoms with E-state index in [-0.39, 0.29) is 52.8 Å². The van der Waals surface area contributed by atoms with E-state index < -0.39 is 29.4 Å². The number of carbonyl (C=O) groups is 1. The fourth-order valence-electron chi connectivity index (χ4n) is 3.62. The van der Waals surface area contributed by atoms with Gasteiger partial charge in [0.05, 0.1) is 48.0 Å². The van der Waals surface area contributed by atoms with Crippen molar-refractivity contribution in [3.8, 4) is 17.2 Å². The van der Waals surface area contributed by atoms with Gasteiger partial charge in [0.15, 0.2) is 15.7 Å². The van der Waals surface area contributed by atoms with Crippen LogP contribution in [0.15, 0.2) is 59.8 Å². The first-order chi connectivity index (χ1) is 19.7. The fraction of sp³-hybridized carbons (Fsp3) is 0.393. The van der Waals surface area contributed by atoms with Gasteiger partial charge < -0.3 is 28.9 Å². The van der Waals surface area contributed by atoms with E-state index in [9.17, 15) is 22.9 Å². The smallest absolute Gasteiger partial charge is 0.337 e. The van der Waals surface area contributed by atoms with Crippen molar-refractivity contribution in [2.24, 2.45) is 0 Å². The van der Waals surface area contributed by atoms with Gasteiger partial charge in [-0.3, -0.25) is 14.3 Å². The molecule has 1 heterocycles. The number of nitrogens with one attached hydrogen (secondary N) is 1. The lowest BCUT2D eigenvalue weighted by Crippen LogP contribution is -2.17. The Morgan fingerprint density at radius 1 is 0.929 bits per heavy atom. The van der Waals surface area contributed by atoms with Crippen molar-refractivity contribution in [2.45, 2.75) is 64.0 Å². The number of nitrogens with zero attached hydrogens (tertiary/aromatic N) is 2. The van der Waals surface area contributed by atoms with Crippen LogP contribution in [0.4, 0.5) is 5.82 Å². The summed E-state index contributed by atoms with van der Waals surface area (Å²) in [6.45, 7) is 8.45. The lowest BCUT2D eigenvalue weighted by molar-refractivity contribution is 0.102. The van der Waals surface area contributed by atoms with Gasteiger partial charge in [-0.15, -0.1) is 0 Å². The van der Waals surface area contributed by atoms with Gasteiger partial charge in [-0.25, -0.2) is 13.4 Å². The maximum atomic E-state index is 13.2. The number of ether oxygens (including phenoxy) is 2. The zero-order chi connectivity index (χ0) is 31.1. The van der Waals surface area contributed by atoms with E-state index in [4.69, 9.17) is 18.5 Å². The Kier molecular flexibility index (Phi) is 11.2. The van der Waals surface area contributed by atoms with Gasteiger partial charge in [0, 0.05) is 17.9 Å². The van der Waals surface area contributed by atoms with Crippen LogP contribution in [0.25, 0.3) is 0 Å². The van der Waals surface area contributed by atoms with Crippen LogP contribution >= 0.6 is 7.60 Å². The molecule has 0 unspecified atom stereocenters. The summed E-state index contributed by atoms with van der Waals surface area (Å²) >= 11 is 0. The highest BCUT2D eigenvalue weighted by molar-refractivity contribution is 7.90. The van der Waals surface area contributed by atoms with Gasteiger partial charge >= 0.3 is 7.60 Å². The minimum atomic E-state index is -3.48. The molecule has 3 rings (SSSR count). The van der Waals surface area contributed by atoms with Gasteiger partial charge in [0.25, 0.3) is 5.91 Å². The summed E-state index contributed by atoms with van der Waals surface area (Å²) in [6, 6.07) is 10.3. The summed E-state index contributed by atoms with van der Waals surface area (Å²) in [4.78, 5) is 21.8. The number of aromatic nitrogens is 2. The molecular weight excluding hydrogens is 585 g/mol. The lowest BCUT2D eigenvalue weighted by Gasteiger charge is -2.22. The molecule has 2 N–H and O–H groups in total. The van der Waals surface area contributed by atoms with Crippen LogP contribution in [0.1, 0.15) is 50.7 Å². The number of hydrogen-bond acceptors (Lipinski definition) is 11. The summed E-state index contributed by atoms with van der Waals surface area (Å²) in [6.07, 6.45) is 2.54. The van der Waals surface area contributed by atoms with Gasteiger partial charge in [-0.05, 0) is 71.0 Å². The number of aliphatic hydroxyl groups excluding tert-OH is 1. The van der Waals surface area contributed by atoms with E-state index >= 15 is 0 Å². The largest absolute Gasteiger partial charge is 0.488 e. The lowest BCUT2D eigenvalue weighted by atomic mass is 10.2. The zero-order valence-electron chi connectivity index (χ0n) is 24.3. The van der Waals surface area contributed by atoms with Gasteiger partial charge in [0.2, 0.25) is 0 Å². The average molecular weight is 622 g/mol. The van der Waals surface area contributed by atoms with E-state index in [0.717, 1.165) is 6.26 Å². The van der Waals surface area contributed by atoms with E-state index in [2.05, 4.69) is 15.3 Å². The number of anilines is 1. The molecule has 0 radical (unpaired) electrons. The molecule has 228 valence electrons. The number of aliphatic hydroxyl groups is 1. The molecule has 0 aliphatic carbocycles. The molecule has 1 aromatic heterocycles. The molecule has 0 aliphatic heterocycles. The number of rotatable bonds is 14. The minimum Gasteiger partial charge on any atom is -0.488 e. The summed E-state index contributed by atoms with van der Waals surface area (Å²) in [5.41, 5.74) is 0.523. The molecule has 12 nitrogen and oxygen atoms in total. The van der Waals surface area contributed by atoms with Gasteiger partial charge in [0.1, 0.15) is 23.4 Å². The van der Waals surface area contributed by atoms with Crippen molar-refractivity contribution in [1.29, 1.82) is 0 Å². The maximum absolute atomic E-state index is 13.2. The molecule has 1 amide bonds. The molecule has 2 aromatic carbocycles. The first-order valence-corrected chi connectivity index (χ1v) is 16.8. The highest BCUT2D eigenvalue weighted by Crippen LogP contribution is 2.53. The first-order valence-electron chi connectivity index (χ1n) is 13.1. The predicted octanol–water partition coefficient (Wildman–Crippen LogP) is 5.23. The Balaban J connectivity index is 1.80. The molecule has 0 fully saturated rings. The van der Waals surface area contributed by atoms with Crippen LogP contribution in [0, 0.1) is 0 Å². The SMILES string of the molecule is CC(C)OP(=O)(Cc1cnc(NC(=O)c2cc(Oc3ccc(S(C)(=O)=O)cc3)cc(O[C@@H](C)CO)c2)cn1)OC(C)C. The first kappa shape index (κ1) is 33.2.